The first kappa shape index (κ1) is 20.2. The maximum atomic E-state index is 12.8. The third-order valence-electron chi connectivity index (χ3n) is 5.25. The van der Waals surface area contributed by atoms with Gasteiger partial charge in [0, 0.05) is 22.5 Å². The fourth-order valence-corrected chi connectivity index (χ4v) is 3.80. The lowest BCUT2D eigenvalue weighted by Gasteiger charge is -2.14. The molecule has 0 spiro atoms. The van der Waals surface area contributed by atoms with Gasteiger partial charge in [-0.2, -0.15) is 5.10 Å². The fourth-order valence-electron chi connectivity index (χ4n) is 3.63. The second-order valence-electron chi connectivity index (χ2n) is 7.38. The molecule has 0 fully saturated rings. The second kappa shape index (κ2) is 9.14. The third kappa shape index (κ3) is 4.39. The highest BCUT2D eigenvalue weighted by molar-refractivity contribution is 6.31. The Bertz CT molecular complexity index is 1140. The number of fused-ring (bicyclic) bond motifs is 1. The predicted molar refractivity (Wildman–Crippen MR) is 123 cm³/mol. The number of halogens is 1. The molecule has 1 aromatic heterocycles. The summed E-state index contributed by atoms with van der Waals surface area (Å²) >= 11 is 6.25. The second-order valence-corrected chi connectivity index (χ2v) is 7.81. The lowest BCUT2D eigenvalue weighted by atomic mass is 10.1. The van der Waals surface area contributed by atoms with Gasteiger partial charge in [0.15, 0.2) is 0 Å². The monoisotopic (exact) mass is 417 g/mol. The van der Waals surface area contributed by atoms with Gasteiger partial charge >= 0.3 is 0 Å². The first-order chi connectivity index (χ1) is 14.6. The van der Waals surface area contributed by atoms with Crippen LogP contribution in [0.15, 0.2) is 78.9 Å². The molecule has 4 nitrogen and oxygen atoms in total. The summed E-state index contributed by atoms with van der Waals surface area (Å²) in [7, 11) is 0. The summed E-state index contributed by atoms with van der Waals surface area (Å²) < 4.78 is 1.79. The molecule has 5 heteroatoms. The van der Waals surface area contributed by atoms with Gasteiger partial charge in [-0.3, -0.25) is 9.48 Å². The van der Waals surface area contributed by atoms with Crippen LogP contribution < -0.4 is 5.32 Å². The Morgan fingerprint density at radius 3 is 2.47 bits per heavy atom. The number of aromatic nitrogens is 2. The summed E-state index contributed by atoms with van der Waals surface area (Å²) in [6, 6.07) is 25.5. The van der Waals surface area contributed by atoms with Crippen LogP contribution in [-0.2, 0) is 11.2 Å². The molecular weight excluding hydrogens is 394 g/mol. The highest BCUT2D eigenvalue weighted by Crippen LogP contribution is 2.31. The summed E-state index contributed by atoms with van der Waals surface area (Å²) in [5, 5.41) is 9.44. The Labute approximate surface area is 181 Å². The van der Waals surface area contributed by atoms with Crippen molar-refractivity contribution in [3.8, 4) is 11.3 Å². The molecule has 0 aliphatic carbocycles. The van der Waals surface area contributed by atoms with Crippen molar-refractivity contribution in [2.24, 2.45) is 0 Å². The van der Waals surface area contributed by atoms with E-state index >= 15 is 0 Å². The van der Waals surface area contributed by atoms with E-state index in [4.69, 9.17) is 16.7 Å². The molecule has 4 rings (SSSR count). The van der Waals surface area contributed by atoms with Crippen LogP contribution in [0.2, 0.25) is 5.02 Å². The SMILES string of the molecule is CC(C(=O)NCCCc1ccccc1)n1nc(-c2ccccc2)c2cc(Cl)ccc21. The van der Waals surface area contributed by atoms with Gasteiger partial charge in [0.2, 0.25) is 5.91 Å². The van der Waals surface area contributed by atoms with Crippen LogP contribution in [-0.4, -0.2) is 22.2 Å². The van der Waals surface area contributed by atoms with E-state index in [-0.39, 0.29) is 5.91 Å². The Balaban J connectivity index is 1.51. The Hall–Kier alpha value is -3.11. The minimum Gasteiger partial charge on any atom is -0.354 e. The zero-order chi connectivity index (χ0) is 20.9. The Morgan fingerprint density at radius 1 is 1.03 bits per heavy atom. The number of carbonyl (C=O) groups excluding carboxylic acids is 1. The van der Waals surface area contributed by atoms with Gasteiger partial charge in [-0.15, -0.1) is 0 Å². The number of hydrogen-bond donors (Lipinski definition) is 1. The smallest absolute Gasteiger partial charge is 0.244 e. The quantitative estimate of drug-likeness (QED) is 0.394. The molecule has 0 bridgehead atoms. The highest BCUT2D eigenvalue weighted by Gasteiger charge is 2.21. The standard InChI is InChI=1S/C25H24ClN3O/c1-18(25(30)27-16-8-11-19-9-4-2-5-10-19)29-23-15-14-21(26)17-22(23)24(28-29)20-12-6-3-7-13-20/h2-7,9-10,12-15,17-18H,8,11,16H2,1H3,(H,27,30). The van der Waals surface area contributed by atoms with Crippen molar-refractivity contribution < 1.29 is 4.79 Å². The average Bonchev–Trinajstić information content (AvgIpc) is 3.16. The van der Waals surface area contributed by atoms with Crippen LogP contribution in [0.3, 0.4) is 0 Å². The predicted octanol–water partition coefficient (Wildman–Crippen LogP) is 5.67. The fraction of sp³-hybridized carbons (Fsp3) is 0.200. The van der Waals surface area contributed by atoms with Crippen molar-refractivity contribution in [1.82, 2.24) is 15.1 Å². The van der Waals surface area contributed by atoms with Crippen LogP contribution in [0.4, 0.5) is 0 Å². The van der Waals surface area contributed by atoms with Gasteiger partial charge in [0.1, 0.15) is 11.7 Å². The van der Waals surface area contributed by atoms with Crippen molar-refractivity contribution in [3.63, 3.8) is 0 Å². The molecular formula is C25H24ClN3O. The molecule has 1 atom stereocenters. The first-order valence-electron chi connectivity index (χ1n) is 10.2. The number of rotatable bonds is 7. The van der Waals surface area contributed by atoms with E-state index < -0.39 is 6.04 Å². The number of aryl methyl sites for hydroxylation is 1. The molecule has 0 saturated heterocycles. The van der Waals surface area contributed by atoms with Crippen LogP contribution in [0, 0.1) is 0 Å². The van der Waals surface area contributed by atoms with Crippen molar-refractivity contribution in [2.75, 3.05) is 6.54 Å². The molecule has 1 N–H and O–H groups in total. The Morgan fingerprint density at radius 2 is 1.73 bits per heavy atom. The normalized spacial score (nSPS) is 12.1. The van der Waals surface area contributed by atoms with Gasteiger partial charge in [0.25, 0.3) is 0 Å². The van der Waals surface area contributed by atoms with Crippen LogP contribution >= 0.6 is 11.6 Å². The van der Waals surface area contributed by atoms with Crippen molar-refractivity contribution in [1.29, 1.82) is 0 Å². The minimum atomic E-state index is -0.428. The average molecular weight is 418 g/mol. The summed E-state index contributed by atoms with van der Waals surface area (Å²) in [6.45, 7) is 2.51. The van der Waals surface area contributed by atoms with Gasteiger partial charge in [-0.25, -0.2) is 0 Å². The molecule has 3 aromatic carbocycles. The zero-order valence-electron chi connectivity index (χ0n) is 16.9. The maximum Gasteiger partial charge on any atom is 0.244 e. The lowest BCUT2D eigenvalue weighted by Crippen LogP contribution is -2.32. The molecule has 1 unspecified atom stereocenters. The number of benzene rings is 3. The number of hydrogen-bond acceptors (Lipinski definition) is 2. The molecule has 1 heterocycles. The molecule has 1 amide bonds. The number of nitrogens with one attached hydrogen (secondary N) is 1. The van der Waals surface area contributed by atoms with Gasteiger partial charge in [-0.1, -0.05) is 72.3 Å². The summed E-state index contributed by atoms with van der Waals surface area (Å²) in [5.41, 5.74) is 4.00. The van der Waals surface area contributed by atoms with E-state index in [1.807, 2.05) is 73.7 Å². The van der Waals surface area contributed by atoms with Crippen LogP contribution in [0.1, 0.15) is 24.9 Å². The molecule has 0 aliphatic rings. The van der Waals surface area contributed by atoms with E-state index in [0.717, 1.165) is 35.0 Å². The molecule has 0 saturated carbocycles. The third-order valence-corrected chi connectivity index (χ3v) is 5.48. The summed E-state index contributed by atoms with van der Waals surface area (Å²) in [4.78, 5) is 12.8. The zero-order valence-corrected chi connectivity index (χ0v) is 17.6. The first-order valence-corrected chi connectivity index (χ1v) is 10.6. The summed E-state index contributed by atoms with van der Waals surface area (Å²) in [6.07, 6.45) is 1.84. The molecule has 4 aromatic rings. The van der Waals surface area contributed by atoms with E-state index in [2.05, 4.69) is 17.4 Å². The van der Waals surface area contributed by atoms with E-state index in [0.29, 0.717) is 11.6 Å². The van der Waals surface area contributed by atoms with Gasteiger partial charge in [0.05, 0.1) is 5.52 Å². The van der Waals surface area contributed by atoms with Gasteiger partial charge in [-0.05, 0) is 43.5 Å². The van der Waals surface area contributed by atoms with Crippen molar-refractivity contribution in [2.45, 2.75) is 25.8 Å². The number of carbonyl (C=O) groups is 1. The largest absolute Gasteiger partial charge is 0.354 e. The lowest BCUT2D eigenvalue weighted by molar-refractivity contribution is -0.124. The maximum absolute atomic E-state index is 12.8. The van der Waals surface area contributed by atoms with Crippen LogP contribution in [0.25, 0.3) is 22.2 Å². The van der Waals surface area contributed by atoms with E-state index in [9.17, 15) is 4.79 Å². The van der Waals surface area contributed by atoms with Crippen LogP contribution in [0.5, 0.6) is 0 Å². The highest BCUT2D eigenvalue weighted by atomic mass is 35.5. The number of nitrogens with zero attached hydrogens (tertiary/aromatic N) is 2. The molecule has 152 valence electrons. The van der Waals surface area contributed by atoms with Gasteiger partial charge < -0.3 is 5.32 Å². The van der Waals surface area contributed by atoms with E-state index in [1.165, 1.54) is 5.56 Å². The summed E-state index contributed by atoms with van der Waals surface area (Å²) in [5.74, 6) is -0.0398. The van der Waals surface area contributed by atoms with E-state index in [1.54, 1.807) is 4.68 Å². The minimum absolute atomic E-state index is 0.0398. The number of amides is 1. The Kier molecular flexibility index (Phi) is 6.15. The van der Waals surface area contributed by atoms with Crippen molar-refractivity contribution >= 4 is 28.4 Å². The molecule has 0 radical (unpaired) electrons. The topological polar surface area (TPSA) is 46.9 Å². The molecule has 0 aliphatic heterocycles. The molecule has 30 heavy (non-hydrogen) atoms. The van der Waals surface area contributed by atoms with Crippen molar-refractivity contribution in [3.05, 3.63) is 89.4 Å².